The zero-order valence-corrected chi connectivity index (χ0v) is 15.4. The lowest BCUT2D eigenvalue weighted by atomic mass is 10.1. The Hall–Kier alpha value is -1.65. The van der Waals surface area contributed by atoms with Crippen LogP contribution >= 0.6 is 0 Å². The normalized spacial score (nSPS) is 12.2. The predicted molar refractivity (Wildman–Crippen MR) is 103 cm³/mol. The van der Waals surface area contributed by atoms with Crippen molar-refractivity contribution in [1.82, 2.24) is 0 Å². The van der Waals surface area contributed by atoms with E-state index in [4.69, 9.17) is 15.3 Å². The third kappa shape index (κ3) is 14.4. The van der Waals surface area contributed by atoms with Gasteiger partial charge in [-0.05, 0) is 38.7 Å². The van der Waals surface area contributed by atoms with Gasteiger partial charge in [-0.15, -0.1) is 0 Å². The van der Waals surface area contributed by atoms with Crippen LogP contribution in [0.15, 0.2) is 11.6 Å². The Labute approximate surface area is 153 Å². The topological polar surface area (TPSA) is 87.5 Å². The standard InChI is InChI=1S/C19H33NO4.CH4/c1-4-6-8-9-10-11-15(3)13-16(21)14-18(20)24-17(19(22)23)12-7-5-2;/h13,17,20H,4-12,14H2,1-3H3,(H,22,23);1H4/b15-13+,20-18?;. The first-order chi connectivity index (χ1) is 11.4. The lowest BCUT2D eigenvalue weighted by Crippen LogP contribution is -2.27. The van der Waals surface area contributed by atoms with Gasteiger partial charge in [0.15, 0.2) is 17.8 Å². The summed E-state index contributed by atoms with van der Waals surface area (Å²) >= 11 is 0. The van der Waals surface area contributed by atoms with Crippen LogP contribution in [0.5, 0.6) is 0 Å². The third-order valence-electron chi connectivity index (χ3n) is 3.80. The van der Waals surface area contributed by atoms with Crippen molar-refractivity contribution in [2.75, 3.05) is 0 Å². The smallest absolute Gasteiger partial charge is 0.344 e. The number of carbonyl (C=O) groups excluding carboxylic acids is 1. The van der Waals surface area contributed by atoms with Crippen molar-refractivity contribution in [3.05, 3.63) is 11.6 Å². The van der Waals surface area contributed by atoms with Crippen LogP contribution in [0.1, 0.15) is 92.4 Å². The molecular formula is C20H37NO4. The van der Waals surface area contributed by atoms with Gasteiger partial charge >= 0.3 is 5.97 Å². The van der Waals surface area contributed by atoms with Gasteiger partial charge in [-0.25, -0.2) is 4.79 Å². The van der Waals surface area contributed by atoms with Gasteiger partial charge in [0, 0.05) is 0 Å². The van der Waals surface area contributed by atoms with Gasteiger partial charge in [-0.1, -0.05) is 59.0 Å². The molecule has 1 atom stereocenters. The van der Waals surface area contributed by atoms with Crippen LogP contribution in [0.4, 0.5) is 0 Å². The molecule has 0 rings (SSSR count). The lowest BCUT2D eigenvalue weighted by Gasteiger charge is -2.14. The van der Waals surface area contributed by atoms with Gasteiger partial charge in [0.25, 0.3) is 0 Å². The molecule has 2 N–H and O–H groups in total. The highest BCUT2D eigenvalue weighted by Crippen LogP contribution is 2.12. The molecule has 0 saturated carbocycles. The van der Waals surface area contributed by atoms with E-state index in [2.05, 4.69) is 6.92 Å². The predicted octanol–water partition coefficient (Wildman–Crippen LogP) is 5.53. The molecule has 0 saturated heterocycles. The molecule has 0 bridgehead atoms. The molecule has 0 radical (unpaired) electrons. The van der Waals surface area contributed by atoms with Crippen molar-refractivity contribution in [2.45, 2.75) is 98.5 Å². The van der Waals surface area contributed by atoms with Crippen molar-refractivity contribution in [3.8, 4) is 0 Å². The van der Waals surface area contributed by atoms with Crippen molar-refractivity contribution in [3.63, 3.8) is 0 Å². The fraction of sp³-hybridized carbons (Fsp3) is 0.750. The summed E-state index contributed by atoms with van der Waals surface area (Å²) < 4.78 is 5.13. The monoisotopic (exact) mass is 355 g/mol. The lowest BCUT2D eigenvalue weighted by molar-refractivity contribution is -0.146. The van der Waals surface area contributed by atoms with E-state index in [0.717, 1.165) is 31.3 Å². The van der Waals surface area contributed by atoms with E-state index in [1.807, 2.05) is 13.8 Å². The summed E-state index contributed by atoms with van der Waals surface area (Å²) in [5.74, 6) is -1.55. The first-order valence-corrected chi connectivity index (χ1v) is 9.07. The highest BCUT2D eigenvalue weighted by atomic mass is 16.5. The highest BCUT2D eigenvalue weighted by molar-refractivity contribution is 6.03. The Morgan fingerprint density at radius 1 is 1.08 bits per heavy atom. The minimum atomic E-state index is -1.08. The number of hydrogen-bond acceptors (Lipinski definition) is 4. The van der Waals surface area contributed by atoms with Gasteiger partial charge in [-0.2, -0.15) is 0 Å². The number of carbonyl (C=O) groups is 2. The number of unbranched alkanes of at least 4 members (excludes halogenated alkanes) is 5. The number of rotatable bonds is 14. The Kier molecular flexibility index (Phi) is 16.2. The average molecular weight is 356 g/mol. The number of carboxylic acids is 1. The molecule has 0 fully saturated rings. The van der Waals surface area contributed by atoms with Crippen LogP contribution in [-0.4, -0.2) is 28.9 Å². The van der Waals surface area contributed by atoms with E-state index in [-0.39, 0.29) is 25.5 Å². The van der Waals surface area contributed by atoms with E-state index >= 15 is 0 Å². The molecule has 25 heavy (non-hydrogen) atoms. The van der Waals surface area contributed by atoms with Gasteiger partial charge in [0.2, 0.25) is 0 Å². The van der Waals surface area contributed by atoms with E-state index in [0.29, 0.717) is 6.42 Å². The molecule has 0 aliphatic rings. The van der Waals surface area contributed by atoms with Crippen LogP contribution in [0.2, 0.25) is 0 Å². The minimum Gasteiger partial charge on any atom is -0.479 e. The number of nitrogens with one attached hydrogen (secondary N) is 1. The Morgan fingerprint density at radius 2 is 1.68 bits per heavy atom. The average Bonchev–Trinajstić information content (AvgIpc) is 2.50. The van der Waals surface area contributed by atoms with Crippen LogP contribution < -0.4 is 0 Å². The molecule has 0 heterocycles. The number of allylic oxidation sites excluding steroid dienone is 2. The molecule has 5 heteroatoms. The Bertz CT molecular complexity index is 429. The quantitative estimate of drug-likeness (QED) is 0.186. The maximum absolute atomic E-state index is 11.9. The molecule has 0 aliphatic carbocycles. The molecule has 0 aromatic carbocycles. The van der Waals surface area contributed by atoms with Crippen molar-refractivity contribution < 1.29 is 19.4 Å². The maximum Gasteiger partial charge on any atom is 0.344 e. The summed E-state index contributed by atoms with van der Waals surface area (Å²) in [7, 11) is 0. The second-order valence-corrected chi connectivity index (χ2v) is 6.31. The van der Waals surface area contributed by atoms with Gasteiger partial charge < -0.3 is 9.84 Å². The van der Waals surface area contributed by atoms with Crippen molar-refractivity contribution >= 4 is 17.7 Å². The molecule has 0 amide bonds. The molecule has 0 aromatic rings. The van der Waals surface area contributed by atoms with Crippen molar-refractivity contribution in [2.24, 2.45) is 0 Å². The Balaban J connectivity index is 0. The van der Waals surface area contributed by atoms with Gasteiger partial charge in [-0.3, -0.25) is 10.2 Å². The third-order valence-corrected chi connectivity index (χ3v) is 3.80. The fourth-order valence-electron chi connectivity index (χ4n) is 2.40. The second-order valence-electron chi connectivity index (χ2n) is 6.31. The maximum atomic E-state index is 11.9. The molecule has 1 unspecified atom stereocenters. The first kappa shape index (κ1) is 25.6. The summed E-state index contributed by atoms with van der Waals surface area (Å²) in [6, 6.07) is 0. The summed E-state index contributed by atoms with van der Waals surface area (Å²) in [5, 5.41) is 16.8. The summed E-state index contributed by atoms with van der Waals surface area (Å²) in [4.78, 5) is 23.0. The number of aliphatic carboxylic acids is 1. The molecule has 0 spiro atoms. The molecule has 0 aromatic heterocycles. The fourth-order valence-corrected chi connectivity index (χ4v) is 2.40. The van der Waals surface area contributed by atoms with E-state index in [1.165, 1.54) is 25.7 Å². The number of ketones is 1. The summed E-state index contributed by atoms with van der Waals surface area (Å²) in [6.07, 6.45) is 9.10. The van der Waals surface area contributed by atoms with Crippen LogP contribution in [-0.2, 0) is 14.3 Å². The minimum absolute atomic E-state index is 0. The van der Waals surface area contributed by atoms with Crippen LogP contribution in [0, 0.1) is 5.41 Å². The first-order valence-electron chi connectivity index (χ1n) is 9.07. The summed E-state index contributed by atoms with van der Waals surface area (Å²) in [5.41, 5.74) is 1.00. The van der Waals surface area contributed by atoms with Crippen LogP contribution in [0.25, 0.3) is 0 Å². The van der Waals surface area contributed by atoms with Crippen LogP contribution in [0.3, 0.4) is 0 Å². The number of carboxylic acid groups (broad SMARTS) is 1. The second kappa shape index (κ2) is 15.9. The van der Waals surface area contributed by atoms with E-state index in [9.17, 15) is 9.59 Å². The molecular weight excluding hydrogens is 318 g/mol. The molecule has 0 aliphatic heterocycles. The SMILES string of the molecule is C.CCCCCCC/C(C)=C/C(=O)CC(=N)OC(CCCC)C(=O)O. The van der Waals surface area contributed by atoms with Gasteiger partial charge in [0.1, 0.15) is 0 Å². The Morgan fingerprint density at radius 3 is 2.24 bits per heavy atom. The zero-order valence-electron chi connectivity index (χ0n) is 15.4. The highest BCUT2D eigenvalue weighted by Gasteiger charge is 2.20. The molecule has 5 nitrogen and oxygen atoms in total. The van der Waals surface area contributed by atoms with Gasteiger partial charge in [0.05, 0.1) is 6.42 Å². The molecule has 146 valence electrons. The van der Waals surface area contributed by atoms with E-state index < -0.39 is 12.1 Å². The number of ether oxygens (including phenoxy) is 1. The summed E-state index contributed by atoms with van der Waals surface area (Å²) in [6.45, 7) is 6.06. The largest absolute Gasteiger partial charge is 0.479 e. The van der Waals surface area contributed by atoms with Crippen molar-refractivity contribution in [1.29, 1.82) is 5.41 Å². The zero-order chi connectivity index (χ0) is 18.4. The number of hydrogen-bond donors (Lipinski definition) is 2. The van der Waals surface area contributed by atoms with E-state index in [1.54, 1.807) is 6.08 Å².